The van der Waals surface area contributed by atoms with Gasteiger partial charge in [0.25, 0.3) is 15.9 Å². The molecule has 0 fully saturated rings. The molecule has 0 saturated heterocycles. The summed E-state index contributed by atoms with van der Waals surface area (Å²) in [6.45, 7) is 4.07. The maximum Gasteiger partial charge on any atom is 0.264 e. The van der Waals surface area contributed by atoms with Gasteiger partial charge in [-0.15, -0.1) is 0 Å². The zero-order valence-electron chi connectivity index (χ0n) is 17.3. The number of amides is 1. The van der Waals surface area contributed by atoms with Gasteiger partial charge in [-0.1, -0.05) is 29.8 Å². The lowest BCUT2D eigenvalue weighted by Gasteiger charge is -2.20. The van der Waals surface area contributed by atoms with Crippen molar-refractivity contribution >= 4 is 21.6 Å². The average molecular weight is 439 g/mol. The summed E-state index contributed by atoms with van der Waals surface area (Å²) < 4.78 is 40.7. The fourth-order valence-corrected chi connectivity index (χ4v) is 5.22. The summed E-state index contributed by atoms with van der Waals surface area (Å²) in [4.78, 5) is 13.0. The van der Waals surface area contributed by atoms with Crippen LogP contribution in [0.15, 0.2) is 71.6 Å². The van der Waals surface area contributed by atoms with Gasteiger partial charge in [-0.25, -0.2) is 12.8 Å². The number of benzene rings is 3. The number of aryl methyl sites for hydroxylation is 1. The second kappa shape index (κ2) is 8.15. The summed E-state index contributed by atoms with van der Waals surface area (Å²) in [5.74, 6) is -0.592. The highest BCUT2D eigenvalue weighted by atomic mass is 32.2. The van der Waals surface area contributed by atoms with E-state index in [4.69, 9.17) is 0 Å². The molecule has 160 valence electrons. The Labute approximate surface area is 181 Å². The van der Waals surface area contributed by atoms with Crippen LogP contribution in [-0.4, -0.2) is 20.9 Å². The van der Waals surface area contributed by atoms with E-state index in [0.717, 1.165) is 16.7 Å². The molecule has 4 rings (SSSR count). The van der Waals surface area contributed by atoms with Crippen molar-refractivity contribution < 1.29 is 17.6 Å². The third-order valence-electron chi connectivity index (χ3n) is 5.52. The molecular formula is C24H23FN2O3S. The van der Waals surface area contributed by atoms with Gasteiger partial charge >= 0.3 is 0 Å². The predicted molar refractivity (Wildman–Crippen MR) is 118 cm³/mol. The summed E-state index contributed by atoms with van der Waals surface area (Å²) in [5.41, 5.74) is 3.67. The molecule has 0 unspecified atom stereocenters. The van der Waals surface area contributed by atoms with Crippen molar-refractivity contribution in [3.8, 4) is 0 Å². The fourth-order valence-electron chi connectivity index (χ4n) is 3.71. The smallest absolute Gasteiger partial charge is 0.264 e. The Kier molecular flexibility index (Phi) is 5.54. The Hall–Kier alpha value is -3.19. The van der Waals surface area contributed by atoms with Crippen molar-refractivity contribution in [1.29, 1.82) is 0 Å². The van der Waals surface area contributed by atoms with Crippen molar-refractivity contribution in [3.05, 3.63) is 94.8 Å². The third-order valence-corrected chi connectivity index (χ3v) is 7.35. The van der Waals surface area contributed by atoms with Gasteiger partial charge in [0.05, 0.1) is 16.6 Å². The molecule has 1 aliphatic heterocycles. The third kappa shape index (κ3) is 4.18. The minimum absolute atomic E-state index is 0.251. The molecule has 7 heteroatoms. The molecule has 0 saturated carbocycles. The van der Waals surface area contributed by atoms with E-state index < -0.39 is 10.0 Å². The molecule has 31 heavy (non-hydrogen) atoms. The number of anilines is 1. The second-order valence-corrected chi connectivity index (χ2v) is 9.59. The SMILES string of the molecule is Cc1ccc(S(=O)(=O)N2CCc3cc(C(=O)N[C@@H](C)c4ccc(F)cc4)ccc32)cc1. The summed E-state index contributed by atoms with van der Waals surface area (Å²) in [6.07, 6.45) is 0.537. The van der Waals surface area contributed by atoms with E-state index in [-0.39, 0.29) is 22.7 Å². The first kappa shape index (κ1) is 21.1. The lowest BCUT2D eigenvalue weighted by molar-refractivity contribution is 0.0940. The number of hydrogen-bond donors (Lipinski definition) is 1. The lowest BCUT2D eigenvalue weighted by atomic mass is 10.1. The van der Waals surface area contributed by atoms with E-state index in [0.29, 0.717) is 24.2 Å². The van der Waals surface area contributed by atoms with Gasteiger partial charge < -0.3 is 5.32 Å². The maximum atomic E-state index is 13.1. The number of hydrogen-bond acceptors (Lipinski definition) is 3. The van der Waals surface area contributed by atoms with Gasteiger partial charge in [0, 0.05) is 12.1 Å². The predicted octanol–water partition coefficient (Wildman–Crippen LogP) is 4.38. The van der Waals surface area contributed by atoms with Crippen LogP contribution in [0, 0.1) is 12.7 Å². The molecule has 0 bridgehead atoms. The largest absolute Gasteiger partial charge is 0.346 e. The van der Waals surface area contributed by atoms with Crippen molar-refractivity contribution in [2.75, 3.05) is 10.8 Å². The maximum absolute atomic E-state index is 13.1. The molecule has 3 aromatic carbocycles. The van der Waals surface area contributed by atoms with E-state index in [1.165, 1.54) is 16.4 Å². The first-order chi connectivity index (χ1) is 14.8. The topological polar surface area (TPSA) is 66.5 Å². The zero-order chi connectivity index (χ0) is 22.2. The molecule has 3 aromatic rings. The number of nitrogens with zero attached hydrogens (tertiary/aromatic N) is 1. The Morgan fingerprint density at radius 2 is 1.71 bits per heavy atom. The van der Waals surface area contributed by atoms with E-state index >= 15 is 0 Å². The highest BCUT2D eigenvalue weighted by Gasteiger charge is 2.31. The number of sulfonamides is 1. The first-order valence-electron chi connectivity index (χ1n) is 10.0. The quantitative estimate of drug-likeness (QED) is 0.643. The fraction of sp³-hybridized carbons (Fsp3) is 0.208. The molecular weight excluding hydrogens is 415 g/mol. The highest BCUT2D eigenvalue weighted by Crippen LogP contribution is 2.33. The Balaban J connectivity index is 1.53. The number of halogens is 1. The number of nitrogens with one attached hydrogen (secondary N) is 1. The van der Waals surface area contributed by atoms with Crippen LogP contribution in [0.1, 0.15) is 40.0 Å². The van der Waals surface area contributed by atoms with E-state index in [2.05, 4.69) is 5.32 Å². The average Bonchev–Trinajstić information content (AvgIpc) is 3.18. The van der Waals surface area contributed by atoms with Crippen LogP contribution in [0.4, 0.5) is 10.1 Å². The Morgan fingerprint density at radius 3 is 2.39 bits per heavy atom. The number of rotatable bonds is 5. The Bertz CT molecular complexity index is 1220. The van der Waals surface area contributed by atoms with Crippen LogP contribution < -0.4 is 9.62 Å². The van der Waals surface area contributed by atoms with Crippen LogP contribution in [0.25, 0.3) is 0 Å². The standard InChI is InChI=1S/C24H23FN2O3S/c1-16-3-10-22(11-4-16)31(29,30)27-14-13-19-15-20(7-12-23(19)27)24(28)26-17(2)18-5-8-21(25)9-6-18/h3-12,15,17H,13-14H2,1-2H3,(H,26,28)/t17-/m0/s1. The molecule has 0 spiro atoms. The second-order valence-electron chi connectivity index (χ2n) is 7.73. The molecule has 1 amide bonds. The summed E-state index contributed by atoms with van der Waals surface area (Å²) >= 11 is 0. The summed E-state index contributed by atoms with van der Waals surface area (Å²) in [7, 11) is -3.66. The van der Waals surface area contributed by atoms with Crippen molar-refractivity contribution in [2.45, 2.75) is 31.2 Å². The lowest BCUT2D eigenvalue weighted by Crippen LogP contribution is -2.29. The van der Waals surface area contributed by atoms with Crippen LogP contribution in [0.2, 0.25) is 0 Å². The van der Waals surface area contributed by atoms with Crippen molar-refractivity contribution in [1.82, 2.24) is 5.32 Å². The number of carbonyl (C=O) groups excluding carboxylic acids is 1. The molecule has 1 heterocycles. The molecule has 0 aliphatic carbocycles. The molecule has 1 aliphatic rings. The number of carbonyl (C=O) groups is 1. The van der Waals surface area contributed by atoms with Crippen LogP contribution in [-0.2, 0) is 16.4 Å². The molecule has 0 radical (unpaired) electrons. The van der Waals surface area contributed by atoms with E-state index in [1.807, 2.05) is 13.8 Å². The van der Waals surface area contributed by atoms with Crippen LogP contribution in [0.3, 0.4) is 0 Å². The minimum atomic E-state index is -3.66. The van der Waals surface area contributed by atoms with Crippen LogP contribution >= 0.6 is 0 Å². The highest BCUT2D eigenvalue weighted by molar-refractivity contribution is 7.92. The van der Waals surface area contributed by atoms with Gasteiger partial charge in [0.2, 0.25) is 0 Å². The number of fused-ring (bicyclic) bond motifs is 1. The first-order valence-corrected chi connectivity index (χ1v) is 11.5. The van der Waals surface area contributed by atoms with Gasteiger partial charge in [-0.2, -0.15) is 0 Å². The van der Waals surface area contributed by atoms with Gasteiger partial charge in [0.15, 0.2) is 0 Å². The van der Waals surface area contributed by atoms with Crippen molar-refractivity contribution in [3.63, 3.8) is 0 Å². The Morgan fingerprint density at radius 1 is 1.03 bits per heavy atom. The summed E-state index contributed by atoms with van der Waals surface area (Å²) in [6, 6.07) is 17.5. The molecule has 0 aromatic heterocycles. The normalized spacial score (nSPS) is 14.2. The minimum Gasteiger partial charge on any atom is -0.346 e. The van der Waals surface area contributed by atoms with Gasteiger partial charge in [-0.3, -0.25) is 9.10 Å². The monoisotopic (exact) mass is 438 g/mol. The molecule has 1 atom stereocenters. The molecule has 1 N–H and O–H groups in total. The van der Waals surface area contributed by atoms with Crippen molar-refractivity contribution in [2.24, 2.45) is 0 Å². The van der Waals surface area contributed by atoms with E-state index in [9.17, 15) is 17.6 Å². The van der Waals surface area contributed by atoms with Gasteiger partial charge in [-0.05, 0) is 73.9 Å². The van der Waals surface area contributed by atoms with E-state index in [1.54, 1.807) is 54.6 Å². The zero-order valence-corrected chi connectivity index (χ0v) is 18.1. The summed E-state index contributed by atoms with van der Waals surface area (Å²) in [5, 5.41) is 2.90. The van der Waals surface area contributed by atoms with Gasteiger partial charge in [0.1, 0.15) is 5.82 Å². The van der Waals surface area contributed by atoms with Crippen LogP contribution in [0.5, 0.6) is 0 Å². The molecule has 5 nitrogen and oxygen atoms in total.